The second-order valence-corrected chi connectivity index (χ2v) is 5.13. The molecule has 0 aliphatic rings. The quantitative estimate of drug-likeness (QED) is 0.913. The first kappa shape index (κ1) is 17.2. The number of halogens is 2. The molecule has 0 amide bonds. The molecule has 112 valence electrons. The highest BCUT2D eigenvalue weighted by Crippen LogP contribution is 2.37. The van der Waals surface area contributed by atoms with Gasteiger partial charge in [-0.05, 0) is 43.2 Å². The molecular formula is C15H16ClFN2O2. The van der Waals surface area contributed by atoms with Crippen LogP contribution in [0.1, 0.15) is 24.1 Å². The molecule has 0 bridgehead atoms. The molecular weight excluding hydrogens is 295 g/mol. The largest absolute Gasteiger partial charge is 0.870 e. The summed E-state index contributed by atoms with van der Waals surface area (Å²) in [5.74, 6) is -0.373. The molecule has 0 radical (unpaired) electrons. The topological polar surface area (TPSA) is 87.1 Å². The van der Waals surface area contributed by atoms with Gasteiger partial charge in [-0.2, -0.15) is 0 Å². The minimum Gasteiger partial charge on any atom is -0.870 e. The zero-order chi connectivity index (χ0) is 14.9. The molecule has 2 rings (SSSR count). The van der Waals surface area contributed by atoms with Gasteiger partial charge in [0.2, 0.25) is 0 Å². The van der Waals surface area contributed by atoms with Gasteiger partial charge in [-0.3, -0.25) is 0 Å². The second-order valence-electron chi connectivity index (χ2n) is 4.72. The fourth-order valence-corrected chi connectivity index (χ4v) is 2.42. The molecule has 0 aromatic heterocycles. The lowest BCUT2D eigenvalue weighted by molar-refractivity contribution is -0.379. The van der Waals surface area contributed by atoms with Crippen LogP contribution in [-0.2, 0) is 0 Å². The van der Waals surface area contributed by atoms with Crippen LogP contribution in [-0.4, -0.2) is 5.48 Å². The lowest BCUT2D eigenvalue weighted by Crippen LogP contribution is -2.57. The van der Waals surface area contributed by atoms with E-state index in [0.29, 0.717) is 33.0 Å². The van der Waals surface area contributed by atoms with Crippen LogP contribution < -0.4 is 10.9 Å². The molecule has 2 aromatic rings. The Labute approximate surface area is 127 Å². The molecule has 0 saturated carbocycles. The lowest BCUT2D eigenvalue weighted by atomic mass is 9.92. The third-order valence-corrected chi connectivity index (χ3v) is 3.65. The summed E-state index contributed by atoms with van der Waals surface area (Å²) in [4.78, 5) is 11.3. The van der Waals surface area contributed by atoms with Crippen molar-refractivity contribution in [1.29, 1.82) is 0 Å². The number of nitrogens with two attached hydrogens (primary N) is 1. The summed E-state index contributed by atoms with van der Waals surface area (Å²) in [7, 11) is 0. The molecule has 0 aliphatic heterocycles. The van der Waals surface area contributed by atoms with E-state index < -0.39 is 0 Å². The SMILES string of the molecule is Cc1c(Cl)cc(C(C)N)c(-c2cccc(F)c2)c1[NH+]=O.[OH-]. The molecule has 0 saturated heterocycles. The normalized spacial score (nSPS) is 11.7. The third kappa shape index (κ3) is 3.26. The second kappa shape index (κ2) is 6.76. The number of nitroso groups, excluding NO2 is 1. The van der Waals surface area contributed by atoms with Crippen LogP contribution in [0.4, 0.5) is 10.1 Å². The van der Waals surface area contributed by atoms with Gasteiger partial charge in [-0.15, -0.1) is 0 Å². The first-order valence-electron chi connectivity index (χ1n) is 6.18. The number of hydrogen-bond donors (Lipinski definition) is 2. The Morgan fingerprint density at radius 1 is 1.33 bits per heavy atom. The van der Waals surface area contributed by atoms with E-state index in [0.717, 1.165) is 0 Å². The van der Waals surface area contributed by atoms with E-state index in [-0.39, 0.29) is 17.3 Å². The summed E-state index contributed by atoms with van der Waals surface area (Å²) in [6.07, 6.45) is 0. The van der Waals surface area contributed by atoms with Crippen molar-refractivity contribution < 1.29 is 15.0 Å². The lowest BCUT2D eigenvalue weighted by Gasteiger charge is -2.14. The Balaban J connectivity index is 0.00000220. The van der Waals surface area contributed by atoms with Crippen LogP contribution >= 0.6 is 11.6 Å². The van der Waals surface area contributed by atoms with Gasteiger partial charge in [0.15, 0.2) is 0 Å². The van der Waals surface area contributed by atoms with Crippen molar-refractivity contribution in [2.24, 2.45) is 5.73 Å². The highest BCUT2D eigenvalue weighted by Gasteiger charge is 2.23. The maximum atomic E-state index is 13.4. The fourth-order valence-electron chi connectivity index (χ4n) is 2.21. The van der Waals surface area contributed by atoms with E-state index in [1.54, 1.807) is 32.0 Å². The number of benzene rings is 2. The Kier molecular flexibility index (Phi) is 5.54. The Morgan fingerprint density at radius 3 is 2.52 bits per heavy atom. The Bertz CT molecular complexity index is 675. The molecule has 2 aromatic carbocycles. The fraction of sp³-hybridized carbons (Fsp3) is 0.200. The molecule has 0 spiro atoms. The summed E-state index contributed by atoms with van der Waals surface area (Å²) >= 11 is 6.12. The van der Waals surface area contributed by atoms with Gasteiger partial charge < -0.3 is 11.2 Å². The van der Waals surface area contributed by atoms with Crippen molar-refractivity contribution in [3.05, 3.63) is 57.2 Å². The summed E-state index contributed by atoms with van der Waals surface area (Å²) in [6, 6.07) is 7.44. The standard InChI is InChI=1S/C15H14ClFN2O.H2O/c1-8-13(16)7-12(9(2)18)14(15(8)19-20)10-4-3-5-11(17)6-10;/h3-7,9H,18H2,1-2H3;1H2. The van der Waals surface area contributed by atoms with Gasteiger partial charge in [-0.25, -0.2) is 4.39 Å². The van der Waals surface area contributed by atoms with Crippen molar-refractivity contribution in [1.82, 2.24) is 0 Å². The molecule has 0 fully saturated rings. The average molecular weight is 311 g/mol. The number of hydrogen-bond acceptors (Lipinski definition) is 3. The van der Waals surface area contributed by atoms with Crippen molar-refractivity contribution in [2.75, 3.05) is 0 Å². The van der Waals surface area contributed by atoms with E-state index in [1.807, 2.05) is 5.18 Å². The third-order valence-electron chi connectivity index (χ3n) is 3.26. The van der Waals surface area contributed by atoms with E-state index in [2.05, 4.69) is 0 Å². The zero-order valence-electron chi connectivity index (χ0n) is 11.7. The van der Waals surface area contributed by atoms with E-state index in [4.69, 9.17) is 17.3 Å². The first-order valence-corrected chi connectivity index (χ1v) is 6.56. The predicted molar refractivity (Wildman–Crippen MR) is 80.1 cm³/mol. The molecule has 0 aliphatic carbocycles. The summed E-state index contributed by atoms with van der Waals surface area (Å²) in [5, 5.41) is 2.36. The minimum absolute atomic E-state index is 0. The van der Waals surface area contributed by atoms with Crippen LogP contribution in [0.5, 0.6) is 0 Å². The molecule has 0 heterocycles. The van der Waals surface area contributed by atoms with Gasteiger partial charge >= 0.3 is 0 Å². The number of nitrogens with one attached hydrogen (secondary N) is 1. The smallest absolute Gasteiger partial charge is 0.265 e. The molecule has 1 atom stereocenters. The summed E-state index contributed by atoms with van der Waals surface area (Å²) in [5.41, 5.74) is 8.78. The maximum absolute atomic E-state index is 13.4. The van der Waals surface area contributed by atoms with Crippen molar-refractivity contribution in [3.63, 3.8) is 0 Å². The molecule has 4 N–H and O–H groups in total. The van der Waals surface area contributed by atoms with Gasteiger partial charge in [0, 0.05) is 21.7 Å². The van der Waals surface area contributed by atoms with Crippen molar-refractivity contribution >= 4 is 17.3 Å². The maximum Gasteiger partial charge on any atom is 0.265 e. The molecule has 21 heavy (non-hydrogen) atoms. The highest BCUT2D eigenvalue weighted by molar-refractivity contribution is 6.32. The van der Waals surface area contributed by atoms with Crippen LogP contribution in [0, 0.1) is 17.6 Å². The zero-order valence-corrected chi connectivity index (χ0v) is 12.4. The Hall–Kier alpha value is -1.82. The molecule has 4 nitrogen and oxygen atoms in total. The van der Waals surface area contributed by atoms with Crippen LogP contribution in [0.25, 0.3) is 11.1 Å². The van der Waals surface area contributed by atoms with Gasteiger partial charge in [0.25, 0.3) is 5.69 Å². The monoisotopic (exact) mass is 310 g/mol. The van der Waals surface area contributed by atoms with Crippen molar-refractivity contribution in [2.45, 2.75) is 19.9 Å². The average Bonchev–Trinajstić information content (AvgIpc) is 2.40. The van der Waals surface area contributed by atoms with Crippen LogP contribution in [0.3, 0.4) is 0 Å². The predicted octanol–water partition coefficient (Wildman–Crippen LogP) is 2.78. The van der Waals surface area contributed by atoms with E-state index in [1.165, 1.54) is 12.1 Å². The van der Waals surface area contributed by atoms with E-state index >= 15 is 0 Å². The van der Waals surface area contributed by atoms with E-state index in [9.17, 15) is 9.30 Å². The van der Waals surface area contributed by atoms with Gasteiger partial charge in [0.05, 0.1) is 10.6 Å². The number of rotatable bonds is 3. The van der Waals surface area contributed by atoms with Gasteiger partial charge in [0.1, 0.15) is 5.82 Å². The molecule has 1 unspecified atom stereocenters. The highest BCUT2D eigenvalue weighted by atomic mass is 35.5. The van der Waals surface area contributed by atoms with Gasteiger partial charge in [-0.1, -0.05) is 23.7 Å². The minimum atomic E-state index is -0.373. The molecule has 6 heteroatoms. The summed E-state index contributed by atoms with van der Waals surface area (Å²) in [6.45, 7) is 3.52. The van der Waals surface area contributed by atoms with Crippen LogP contribution in [0.15, 0.2) is 30.3 Å². The Morgan fingerprint density at radius 2 is 2.00 bits per heavy atom. The van der Waals surface area contributed by atoms with Crippen molar-refractivity contribution in [3.8, 4) is 11.1 Å². The first-order chi connectivity index (χ1) is 9.45. The summed E-state index contributed by atoms with van der Waals surface area (Å²) < 4.78 is 13.4. The van der Waals surface area contributed by atoms with Crippen LogP contribution in [0.2, 0.25) is 5.02 Å².